The number of benzene rings is 1. The number of nitrogens with zero attached hydrogens (tertiary/aromatic N) is 2. The number of carbonyl (C=O) groups excluding carboxylic acids is 4. The number of H-pyrrole nitrogens is 1. The number of primary amides is 1. The Balaban J connectivity index is 1.72. The Morgan fingerprint density at radius 2 is 1.84 bits per heavy atom. The van der Waals surface area contributed by atoms with E-state index in [0.717, 1.165) is 5.56 Å². The van der Waals surface area contributed by atoms with Crippen LogP contribution in [-0.2, 0) is 36.8 Å². The molecule has 204 valence electrons. The Labute approximate surface area is 219 Å². The highest BCUT2D eigenvalue weighted by Crippen LogP contribution is 2.19. The number of hydrogen-bond acceptors (Lipinski definition) is 7. The molecule has 8 N–H and O–H groups in total. The quantitative estimate of drug-likeness (QED) is 0.186. The summed E-state index contributed by atoms with van der Waals surface area (Å²) in [6.45, 7) is 0.345. The Morgan fingerprint density at radius 1 is 1.11 bits per heavy atom. The van der Waals surface area contributed by atoms with Crippen LogP contribution in [0.5, 0.6) is 0 Å². The van der Waals surface area contributed by atoms with Crippen molar-refractivity contribution >= 4 is 29.6 Å². The maximum absolute atomic E-state index is 13.3. The van der Waals surface area contributed by atoms with Crippen molar-refractivity contribution in [2.45, 2.75) is 62.7 Å². The molecule has 1 saturated heterocycles. The SMILES string of the molecule is NC(=O)CCC(NC(=O)C(Cc1ccccc1)NC(=O)C1CCCN1C(=O)C(N)Cc1cnc[nH]1)C(=O)O. The number of aliphatic carboxylic acids is 1. The molecule has 4 unspecified atom stereocenters. The van der Waals surface area contributed by atoms with Crippen molar-refractivity contribution < 1.29 is 29.1 Å². The average molecular weight is 528 g/mol. The number of imidazole rings is 1. The fourth-order valence-corrected chi connectivity index (χ4v) is 4.38. The Hall–Kier alpha value is -4.26. The molecule has 2 heterocycles. The van der Waals surface area contributed by atoms with Gasteiger partial charge in [0.25, 0.3) is 0 Å². The number of aromatic amines is 1. The van der Waals surface area contributed by atoms with Gasteiger partial charge in [0, 0.05) is 37.7 Å². The number of nitrogens with one attached hydrogen (secondary N) is 3. The number of rotatable bonds is 13. The minimum absolute atomic E-state index is 0.0839. The zero-order valence-electron chi connectivity index (χ0n) is 20.8. The molecule has 0 aliphatic carbocycles. The maximum atomic E-state index is 13.3. The molecule has 2 aromatic rings. The zero-order valence-corrected chi connectivity index (χ0v) is 20.8. The van der Waals surface area contributed by atoms with E-state index in [0.29, 0.717) is 25.1 Å². The lowest BCUT2D eigenvalue weighted by Crippen LogP contribution is -2.57. The summed E-state index contributed by atoms with van der Waals surface area (Å²) >= 11 is 0. The lowest BCUT2D eigenvalue weighted by molar-refractivity contribution is -0.143. The Morgan fingerprint density at radius 3 is 2.47 bits per heavy atom. The molecule has 38 heavy (non-hydrogen) atoms. The zero-order chi connectivity index (χ0) is 27.7. The highest BCUT2D eigenvalue weighted by Gasteiger charge is 2.38. The number of carboxylic acid groups (broad SMARTS) is 1. The molecular weight excluding hydrogens is 494 g/mol. The standard InChI is InChI=1S/C25H33N7O6/c26-17(12-16-13-28-14-29-16)24(36)32-10-4-7-20(32)23(35)31-19(11-15-5-2-1-3-6-15)22(34)30-18(25(37)38)8-9-21(27)33/h1-3,5-6,13-14,17-20H,4,7-12,26H2,(H2,27,33)(H,28,29)(H,30,34)(H,31,35)(H,37,38). The van der Waals surface area contributed by atoms with Crippen molar-refractivity contribution in [3.63, 3.8) is 0 Å². The van der Waals surface area contributed by atoms with Crippen molar-refractivity contribution in [3.05, 3.63) is 54.1 Å². The molecule has 1 aromatic heterocycles. The molecule has 13 heteroatoms. The number of amides is 4. The summed E-state index contributed by atoms with van der Waals surface area (Å²) in [6.07, 6.45) is 3.92. The summed E-state index contributed by atoms with van der Waals surface area (Å²) in [7, 11) is 0. The lowest BCUT2D eigenvalue weighted by Gasteiger charge is -2.28. The van der Waals surface area contributed by atoms with Gasteiger partial charge in [-0.25, -0.2) is 9.78 Å². The van der Waals surface area contributed by atoms with E-state index in [1.54, 1.807) is 36.5 Å². The monoisotopic (exact) mass is 527 g/mol. The molecule has 1 aliphatic heterocycles. The van der Waals surface area contributed by atoms with E-state index >= 15 is 0 Å². The molecule has 0 saturated carbocycles. The second-order valence-corrected chi connectivity index (χ2v) is 9.23. The van der Waals surface area contributed by atoms with E-state index in [4.69, 9.17) is 11.5 Å². The Bertz CT molecular complexity index is 1120. The number of aromatic nitrogens is 2. The average Bonchev–Trinajstić information content (AvgIpc) is 3.58. The van der Waals surface area contributed by atoms with Gasteiger partial charge in [-0.05, 0) is 24.8 Å². The molecular formula is C25H33N7O6. The second kappa shape index (κ2) is 13.3. The highest BCUT2D eigenvalue weighted by atomic mass is 16.4. The number of hydrogen-bond donors (Lipinski definition) is 6. The van der Waals surface area contributed by atoms with Crippen LogP contribution in [0.2, 0.25) is 0 Å². The van der Waals surface area contributed by atoms with E-state index in [-0.39, 0.29) is 25.7 Å². The first-order valence-corrected chi connectivity index (χ1v) is 12.3. The van der Waals surface area contributed by atoms with Crippen LogP contribution < -0.4 is 22.1 Å². The first-order valence-electron chi connectivity index (χ1n) is 12.3. The normalized spacial score (nSPS) is 17.3. The number of carboxylic acids is 1. The van der Waals surface area contributed by atoms with Crippen LogP contribution in [0.4, 0.5) is 0 Å². The van der Waals surface area contributed by atoms with Crippen LogP contribution in [-0.4, -0.2) is 80.3 Å². The van der Waals surface area contributed by atoms with E-state index in [9.17, 15) is 29.1 Å². The van der Waals surface area contributed by atoms with E-state index in [1.807, 2.05) is 0 Å². The minimum Gasteiger partial charge on any atom is -0.480 e. The van der Waals surface area contributed by atoms with Crippen LogP contribution in [0.3, 0.4) is 0 Å². The number of carbonyl (C=O) groups is 5. The van der Waals surface area contributed by atoms with Crippen molar-refractivity contribution in [2.75, 3.05) is 6.54 Å². The number of likely N-dealkylation sites (tertiary alicyclic amines) is 1. The molecule has 13 nitrogen and oxygen atoms in total. The van der Waals surface area contributed by atoms with Gasteiger partial charge in [0.2, 0.25) is 23.6 Å². The largest absolute Gasteiger partial charge is 0.480 e. The third-order valence-corrected chi connectivity index (χ3v) is 6.36. The summed E-state index contributed by atoms with van der Waals surface area (Å²) in [6, 6.07) is 4.69. The van der Waals surface area contributed by atoms with Gasteiger partial charge in [0.05, 0.1) is 12.4 Å². The van der Waals surface area contributed by atoms with Gasteiger partial charge >= 0.3 is 5.97 Å². The van der Waals surface area contributed by atoms with Crippen LogP contribution in [0, 0.1) is 0 Å². The molecule has 1 aromatic carbocycles. The van der Waals surface area contributed by atoms with Crippen molar-refractivity contribution in [1.82, 2.24) is 25.5 Å². The fraction of sp³-hybridized carbons (Fsp3) is 0.440. The molecule has 0 spiro atoms. The molecule has 0 radical (unpaired) electrons. The molecule has 4 amide bonds. The van der Waals surface area contributed by atoms with Crippen LogP contribution in [0.1, 0.15) is 36.9 Å². The third-order valence-electron chi connectivity index (χ3n) is 6.36. The summed E-state index contributed by atoms with van der Waals surface area (Å²) in [5, 5.41) is 14.6. The second-order valence-electron chi connectivity index (χ2n) is 9.23. The van der Waals surface area contributed by atoms with E-state index in [2.05, 4.69) is 20.6 Å². The first kappa shape index (κ1) is 28.3. The van der Waals surface area contributed by atoms with Gasteiger partial charge in [-0.15, -0.1) is 0 Å². The van der Waals surface area contributed by atoms with Gasteiger partial charge in [-0.2, -0.15) is 0 Å². The third kappa shape index (κ3) is 7.87. The predicted octanol–water partition coefficient (Wildman–Crippen LogP) is -1.17. The van der Waals surface area contributed by atoms with Gasteiger partial charge in [0.15, 0.2) is 0 Å². The van der Waals surface area contributed by atoms with Crippen molar-refractivity contribution in [1.29, 1.82) is 0 Å². The summed E-state index contributed by atoms with van der Waals surface area (Å²) in [5.74, 6) is -3.69. The van der Waals surface area contributed by atoms with Gasteiger partial charge < -0.3 is 37.1 Å². The minimum atomic E-state index is -1.37. The topological polar surface area (TPSA) is 214 Å². The van der Waals surface area contributed by atoms with Crippen LogP contribution in [0.15, 0.2) is 42.9 Å². The molecule has 3 rings (SSSR count). The summed E-state index contributed by atoms with van der Waals surface area (Å²) < 4.78 is 0. The molecule has 1 aliphatic rings. The van der Waals surface area contributed by atoms with E-state index < -0.39 is 53.8 Å². The molecule has 4 atom stereocenters. The van der Waals surface area contributed by atoms with Crippen LogP contribution >= 0.6 is 0 Å². The lowest BCUT2D eigenvalue weighted by atomic mass is 10.0. The Kier molecular flexibility index (Phi) is 9.93. The van der Waals surface area contributed by atoms with Crippen molar-refractivity contribution in [2.24, 2.45) is 11.5 Å². The molecule has 0 bridgehead atoms. The van der Waals surface area contributed by atoms with Crippen LogP contribution in [0.25, 0.3) is 0 Å². The van der Waals surface area contributed by atoms with Gasteiger partial charge in [-0.1, -0.05) is 30.3 Å². The molecule has 1 fully saturated rings. The summed E-state index contributed by atoms with van der Waals surface area (Å²) in [4.78, 5) is 70.5. The van der Waals surface area contributed by atoms with E-state index in [1.165, 1.54) is 11.2 Å². The smallest absolute Gasteiger partial charge is 0.326 e. The highest BCUT2D eigenvalue weighted by molar-refractivity contribution is 5.94. The first-order chi connectivity index (χ1) is 18.2. The van der Waals surface area contributed by atoms with Gasteiger partial charge in [0.1, 0.15) is 18.1 Å². The summed E-state index contributed by atoms with van der Waals surface area (Å²) in [5.41, 5.74) is 12.7. The maximum Gasteiger partial charge on any atom is 0.326 e. The van der Waals surface area contributed by atoms with Gasteiger partial charge in [-0.3, -0.25) is 19.2 Å². The fourth-order valence-electron chi connectivity index (χ4n) is 4.38. The number of nitrogens with two attached hydrogens (primary N) is 2. The van der Waals surface area contributed by atoms with Crippen molar-refractivity contribution in [3.8, 4) is 0 Å². The predicted molar refractivity (Wildman–Crippen MR) is 135 cm³/mol.